The molecule has 0 saturated carbocycles. The van der Waals surface area contributed by atoms with Crippen LogP contribution in [0.5, 0.6) is 0 Å². The number of carbonyl (C=O) groups excluding carboxylic acids is 1. The van der Waals surface area contributed by atoms with Gasteiger partial charge in [-0.3, -0.25) is 4.79 Å². The van der Waals surface area contributed by atoms with Gasteiger partial charge in [0.1, 0.15) is 0 Å². The van der Waals surface area contributed by atoms with Crippen molar-refractivity contribution in [2.24, 2.45) is 5.41 Å². The number of terminal acetylenes is 1. The van der Waals surface area contributed by atoms with Gasteiger partial charge in [-0.15, -0.1) is 6.42 Å². The molecule has 16 heavy (non-hydrogen) atoms. The van der Waals surface area contributed by atoms with Gasteiger partial charge in [-0.2, -0.15) is 0 Å². The number of nitrogens with one attached hydrogen (secondary N) is 2. The molecule has 0 heterocycles. The van der Waals surface area contributed by atoms with E-state index in [1.54, 1.807) is 20.8 Å². The molecule has 2 atom stereocenters. The van der Waals surface area contributed by atoms with E-state index in [0.29, 0.717) is 6.42 Å². The first-order valence-electron chi connectivity index (χ1n) is 5.09. The summed E-state index contributed by atoms with van der Waals surface area (Å²) >= 11 is 0. The van der Waals surface area contributed by atoms with Crippen molar-refractivity contribution in [3.8, 4) is 12.3 Å². The molecule has 0 rings (SSSR count). The van der Waals surface area contributed by atoms with Gasteiger partial charge in [0.2, 0.25) is 0 Å². The number of rotatable bonds is 5. The maximum Gasteiger partial charge on any atom is 0.315 e. The van der Waals surface area contributed by atoms with E-state index in [9.17, 15) is 9.59 Å². The molecule has 2 amide bonds. The van der Waals surface area contributed by atoms with Crippen LogP contribution in [0.2, 0.25) is 0 Å². The van der Waals surface area contributed by atoms with Crippen molar-refractivity contribution in [2.75, 3.05) is 6.54 Å². The molecular weight excluding hydrogens is 208 g/mol. The van der Waals surface area contributed by atoms with Crippen LogP contribution in [0.4, 0.5) is 4.79 Å². The Kier molecular flexibility index (Phi) is 5.37. The van der Waals surface area contributed by atoms with Crippen LogP contribution >= 0.6 is 0 Å². The number of amides is 2. The zero-order chi connectivity index (χ0) is 12.8. The highest BCUT2D eigenvalue weighted by Gasteiger charge is 2.31. The van der Waals surface area contributed by atoms with Crippen LogP contribution in [0.3, 0.4) is 0 Å². The number of hydrogen-bond donors (Lipinski definition) is 3. The van der Waals surface area contributed by atoms with Crippen LogP contribution in [0, 0.1) is 17.8 Å². The summed E-state index contributed by atoms with van der Waals surface area (Å²) in [6.45, 7) is 5.08. The molecule has 2 unspecified atom stereocenters. The van der Waals surface area contributed by atoms with Crippen LogP contribution < -0.4 is 10.6 Å². The normalized spacial score (nSPS) is 15.4. The minimum absolute atomic E-state index is 0.0714. The Morgan fingerprint density at radius 3 is 2.50 bits per heavy atom. The molecule has 0 aromatic carbocycles. The molecule has 0 bridgehead atoms. The largest absolute Gasteiger partial charge is 0.481 e. The smallest absolute Gasteiger partial charge is 0.315 e. The molecule has 0 aliphatic carbocycles. The molecule has 0 fully saturated rings. The number of carboxylic acids is 1. The third kappa shape index (κ3) is 4.22. The number of carboxylic acid groups (broad SMARTS) is 1. The summed E-state index contributed by atoms with van der Waals surface area (Å²) in [6.07, 6.45) is 5.53. The molecule has 0 spiro atoms. The Hall–Kier alpha value is -1.70. The Morgan fingerprint density at radius 1 is 1.56 bits per heavy atom. The second kappa shape index (κ2) is 6.01. The van der Waals surface area contributed by atoms with E-state index in [-0.39, 0.29) is 12.6 Å². The second-order valence-electron chi connectivity index (χ2n) is 3.93. The fourth-order valence-corrected chi connectivity index (χ4v) is 0.917. The molecule has 0 radical (unpaired) electrons. The lowest BCUT2D eigenvalue weighted by Crippen LogP contribution is -2.46. The SMILES string of the molecule is C#CC(C)NC(=O)NCC(C)(CC)C(=O)O. The van der Waals surface area contributed by atoms with E-state index < -0.39 is 17.4 Å². The zero-order valence-corrected chi connectivity index (χ0v) is 9.83. The number of hydrogen-bond acceptors (Lipinski definition) is 2. The predicted molar refractivity (Wildman–Crippen MR) is 60.9 cm³/mol. The zero-order valence-electron chi connectivity index (χ0n) is 9.83. The van der Waals surface area contributed by atoms with E-state index >= 15 is 0 Å². The lowest BCUT2D eigenvalue weighted by Gasteiger charge is -2.23. The van der Waals surface area contributed by atoms with E-state index in [4.69, 9.17) is 11.5 Å². The molecule has 90 valence electrons. The molecule has 0 aliphatic rings. The Bertz CT molecular complexity index is 309. The first-order chi connectivity index (χ1) is 7.35. The monoisotopic (exact) mass is 226 g/mol. The summed E-state index contributed by atoms with van der Waals surface area (Å²) in [5.41, 5.74) is -0.948. The highest BCUT2D eigenvalue weighted by Crippen LogP contribution is 2.19. The first-order valence-corrected chi connectivity index (χ1v) is 5.09. The number of carbonyl (C=O) groups is 2. The minimum atomic E-state index is -0.948. The first kappa shape index (κ1) is 14.3. The second-order valence-corrected chi connectivity index (χ2v) is 3.93. The highest BCUT2D eigenvalue weighted by atomic mass is 16.4. The molecule has 0 saturated heterocycles. The maximum absolute atomic E-state index is 11.3. The fourth-order valence-electron chi connectivity index (χ4n) is 0.917. The summed E-state index contributed by atoms with van der Waals surface area (Å²) in [7, 11) is 0. The van der Waals surface area contributed by atoms with Crippen LogP contribution in [0.15, 0.2) is 0 Å². The topological polar surface area (TPSA) is 78.4 Å². The summed E-state index contributed by atoms with van der Waals surface area (Å²) in [5, 5.41) is 13.9. The van der Waals surface area contributed by atoms with Gasteiger partial charge in [-0.05, 0) is 20.3 Å². The van der Waals surface area contributed by atoms with Gasteiger partial charge in [0.05, 0.1) is 11.5 Å². The third-order valence-corrected chi connectivity index (χ3v) is 2.53. The van der Waals surface area contributed by atoms with Crippen LogP contribution in [0.1, 0.15) is 27.2 Å². The molecule has 3 N–H and O–H groups in total. The lowest BCUT2D eigenvalue weighted by atomic mass is 9.88. The van der Waals surface area contributed by atoms with Crippen molar-refractivity contribution in [1.82, 2.24) is 10.6 Å². The molecule has 5 heteroatoms. The van der Waals surface area contributed by atoms with Gasteiger partial charge in [0, 0.05) is 6.54 Å². The maximum atomic E-state index is 11.3. The van der Waals surface area contributed by atoms with Gasteiger partial charge >= 0.3 is 12.0 Å². The predicted octanol–water partition coefficient (Wildman–Crippen LogP) is 0.808. The van der Waals surface area contributed by atoms with Gasteiger partial charge in [0.15, 0.2) is 0 Å². The van der Waals surface area contributed by atoms with E-state index in [0.717, 1.165) is 0 Å². The molecule has 0 aromatic rings. The van der Waals surface area contributed by atoms with E-state index in [1.165, 1.54) is 0 Å². The number of urea groups is 1. The summed E-state index contributed by atoms with van der Waals surface area (Å²) in [4.78, 5) is 22.2. The van der Waals surface area contributed by atoms with Crippen molar-refractivity contribution in [1.29, 1.82) is 0 Å². The van der Waals surface area contributed by atoms with Gasteiger partial charge < -0.3 is 15.7 Å². The third-order valence-electron chi connectivity index (χ3n) is 2.53. The highest BCUT2D eigenvalue weighted by molar-refractivity contribution is 5.78. The van der Waals surface area contributed by atoms with Crippen molar-refractivity contribution in [3.63, 3.8) is 0 Å². The van der Waals surface area contributed by atoms with Gasteiger partial charge in [-0.1, -0.05) is 12.8 Å². The molecule has 5 nitrogen and oxygen atoms in total. The Morgan fingerprint density at radius 2 is 2.12 bits per heavy atom. The molecule has 0 aliphatic heterocycles. The Labute approximate surface area is 95.6 Å². The van der Waals surface area contributed by atoms with Crippen molar-refractivity contribution < 1.29 is 14.7 Å². The standard InChI is InChI=1S/C11H18N2O3/c1-5-8(3)13-10(16)12-7-11(4,6-2)9(14)15/h1,8H,6-7H2,2-4H3,(H,14,15)(H2,12,13,16). The van der Waals surface area contributed by atoms with Crippen molar-refractivity contribution in [2.45, 2.75) is 33.2 Å². The van der Waals surface area contributed by atoms with E-state index in [2.05, 4.69) is 16.6 Å². The van der Waals surface area contributed by atoms with E-state index in [1.807, 2.05) is 0 Å². The van der Waals surface area contributed by atoms with Gasteiger partial charge in [0.25, 0.3) is 0 Å². The van der Waals surface area contributed by atoms with Crippen LogP contribution in [-0.4, -0.2) is 29.7 Å². The van der Waals surface area contributed by atoms with Crippen LogP contribution in [-0.2, 0) is 4.79 Å². The molecule has 0 aromatic heterocycles. The van der Waals surface area contributed by atoms with Crippen molar-refractivity contribution in [3.05, 3.63) is 0 Å². The number of aliphatic carboxylic acids is 1. The minimum Gasteiger partial charge on any atom is -0.481 e. The van der Waals surface area contributed by atoms with Crippen molar-refractivity contribution >= 4 is 12.0 Å². The summed E-state index contributed by atoms with van der Waals surface area (Å²) in [5.74, 6) is 1.41. The fraction of sp³-hybridized carbons (Fsp3) is 0.636. The molecular formula is C11H18N2O3. The Balaban J connectivity index is 4.19. The summed E-state index contributed by atoms with van der Waals surface area (Å²) < 4.78 is 0. The van der Waals surface area contributed by atoms with Crippen LogP contribution in [0.25, 0.3) is 0 Å². The average molecular weight is 226 g/mol. The van der Waals surface area contributed by atoms with Gasteiger partial charge in [-0.25, -0.2) is 4.79 Å². The quantitative estimate of drug-likeness (QED) is 0.607. The lowest BCUT2D eigenvalue weighted by molar-refractivity contribution is -0.147. The average Bonchev–Trinajstić information content (AvgIpc) is 2.25. The summed E-state index contributed by atoms with van der Waals surface area (Å²) in [6, 6.07) is -0.830.